The van der Waals surface area contributed by atoms with Crippen LogP contribution in [0.25, 0.3) is 11.0 Å². The van der Waals surface area contributed by atoms with Gasteiger partial charge in [0, 0.05) is 29.6 Å². The van der Waals surface area contributed by atoms with E-state index in [-0.39, 0.29) is 11.5 Å². The molecule has 1 aromatic heterocycles. The Balaban J connectivity index is 1.53. The second-order valence-electron chi connectivity index (χ2n) is 8.41. The molecule has 2 aromatic rings. The molecule has 0 bridgehead atoms. The fraction of sp³-hybridized carbons (Fsp3) is 0.615. The van der Waals surface area contributed by atoms with Gasteiger partial charge in [-0.1, -0.05) is 84.0 Å². The van der Waals surface area contributed by atoms with Crippen molar-refractivity contribution in [1.82, 2.24) is 0 Å². The molecule has 30 heavy (non-hydrogen) atoms. The summed E-state index contributed by atoms with van der Waals surface area (Å²) in [7, 11) is 0. The molecule has 0 aliphatic heterocycles. The highest BCUT2D eigenvalue weighted by Crippen LogP contribution is 2.21. The van der Waals surface area contributed by atoms with Gasteiger partial charge >= 0.3 is 5.63 Å². The van der Waals surface area contributed by atoms with Crippen molar-refractivity contribution in [3.63, 3.8) is 0 Å². The van der Waals surface area contributed by atoms with Gasteiger partial charge in [-0.05, 0) is 31.0 Å². The number of amides is 1. The normalized spacial score (nSPS) is 11.1. The molecule has 4 nitrogen and oxygen atoms in total. The molecular weight excluding hydrogens is 374 g/mol. The van der Waals surface area contributed by atoms with Crippen LogP contribution in [0, 0.1) is 13.0 Å². The summed E-state index contributed by atoms with van der Waals surface area (Å²) in [6.07, 6.45) is 17.4. The fourth-order valence-corrected chi connectivity index (χ4v) is 3.85. The lowest BCUT2D eigenvalue weighted by atomic mass is 10.0. The van der Waals surface area contributed by atoms with Crippen LogP contribution < -0.4 is 10.9 Å². The van der Waals surface area contributed by atoms with Gasteiger partial charge in [-0.3, -0.25) is 4.79 Å². The molecule has 165 valence electrons. The standard InChI is InChI=1S/C26H38NO3/c1-3-4-5-6-7-8-9-10-11-12-13-14-15-16-25(28)27-22-17-18-24-23(20-22)21(2)19-26(29)30-24/h18-20H,3-16H2,1-2H3,(H,27,28). The molecule has 1 aromatic carbocycles. The smallest absolute Gasteiger partial charge is 0.336 e. The predicted molar refractivity (Wildman–Crippen MR) is 125 cm³/mol. The van der Waals surface area contributed by atoms with Crippen molar-refractivity contribution in [1.29, 1.82) is 0 Å². The maximum atomic E-state index is 12.2. The molecule has 0 spiro atoms. The number of nitrogens with one attached hydrogen (secondary N) is 1. The third kappa shape index (κ3) is 9.15. The molecule has 0 aliphatic rings. The van der Waals surface area contributed by atoms with Crippen LogP contribution in [0.2, 0.25) is 0 Å². The lowest BCUT2D eigenvalue weighted by molar-refractivity contribution is -0.116. The first-order chi connectivity index (χ1) is 14.6. The number of anilines is 1. The van der Waals surface area contributed by atoms with Crippen molar-refractivity contribution >= 4 is 22.6 Å². The van der Waals surface area contributed by atoms with Gasteiger partial charge in [0.25, 0.3) is 0 Å². The zero-order chi connectivity index (χ0) is 21.6. The zero-order valence-corrected chi connectivity index (χ0v) is 18.9. The molecule has 0 atom stereocenters. The Labute approximate surface area is 181 Å². The molecule has 0 fully saturated rings. The van der Waals surface area contributed by atoms with Crippen molar-refractivity contribution in [3.05, 3.63) is 40.2 Å². The Morgan fingerprint density at radius 2 is 1.47 bits per heavy atom. The molecule has 4 heteroatoms. The minimum atomic E-state index is -0.368. The topological polar surface area (TPSA) is 59.3 Å². The van der Waals surface area contributed by atoms with Gasteiger partial charge < -0.3 is 9.73 Å². The Morgan fingerprint density at radius 3 is 2.07 bits per heavy atom. The highest BCUT2D eigenvalue weighted by Gasteiger charge is 2.07. The predicted octanol–water partition coefficient (Wildman–Crippen LogP) is 7.32. The zero-order valence-electron chi connectivity index (χ0n) is 18.9. The van der Waals surface area contributed by atoms with Crippen LogP contribution in [0.3, 0.4) is 0 Å². The van der Waals surface area contributed by atoms with Crippen molar-refractivity contribution in [2.75, 3.05) is 5.32 Å². The Hall–Kier alpha value is -2.10. The summed E-state index contributed by atoms with van der Waals surface area (Å²) in [6, 6.07) is 7.87. The van der Waals surface area contributed by atoms with Crippen molar-refractivity contribution in [2.45, 2.75) is 104 Å². The van der Waals surface area contributed by atoms with Crippen LogP contribution in [0.15, 0.2) is 27.4 Å². The molecule has 0 saturated carbocycles. The molecule has 2 rings (SSSR count). The fourth-order valence-electron chi connectivity index (χ4n) is 3.85. The minimum absolute atomic E-state index is 0.0173. The molecule has 1 amide bonds. The quantitative estimate of drug-likeness (QED) is 0.246. The number of unbranched alkanes of at least 4 members (excludes halogenated alkanes) is 12. The van der Waals surface area contributed by atoms with Crippen LogP contribution in [0.5, 0.6) is 0 Å². The van der Waals surface area contributed by atoms with E-state index in [1.54, 1.807) is 6.07 Å². The lowest BCUT2D eigenvalue weighted by Crippen LogP contribution is -2.11. The monoisotopic (exact) mass is 412 g/mol. The van der Waals surface area contributed by atoms with Gasteiger partial charge in [0.15, 0.2) is 0 Å². The van der Waals surface area contributed by atoms with E-state index in [4.69, 9.17) is 4.42 Å². The molecule has 0 saturated heterocycles. The van der Waals surface area contributed by atoms with E-state index < -0.39 is 0 Å². The average Bonchev–Trinajstić information content (AvgIpc) is 2.72. The van der Waals surface area contributed by atoms with Gasteiger partial charge in [0.1, 0.15) is 5.58 Å². The Bertz CT molecular complexity index is 825. The second kappa shape index (κ2) is 14.0. The summed E-state index contributed by atoms with van der Waals surface area (Å²) in [5, 5.41) is 3.73. The number of rotatable bonds is 15. The van der Waals surface area contributed by atoms with E-state index in [0.29, 0.717) is 17.7 Å². The number of carbonyl (C=O) groups is 1. The summed E-state index contributed by atoms with van der Waals surface area (Å²) in [4.78, 5) is 23.6. The Kier molecular flexibility index (Phi) is 11.3. The first-order valence-corrected chi connectivity index (χ1v) is 11.9. The van der Waals surface area contributed by atoms with Gasteiger partial charge in [0.05, 0.1) is 0 Å². The summed E-state index contributed by atoms with van der Waals surface area (Å²) < 4.78 is 5.16. The summed E-state index contributed by atoms with van der Waals surface area (Å²) >= 11 is 0. The molecule has 1 heterocycles. The van der Waals surface area contributed by atoms with Crippen molar-refractivity contribution < 1.29 is 9.21 Å². The van der Waals surface area contributed by atoms with Crippen LogP contribution in [0.1, 0.15) is 102 Å². The average molecular weight is 413 g/mol. The third-order valence-corrected chi connectivity index (χ3v) is 5.66. The first kappa shape index (κ1) is 24.2. The van der Waals surface area contributed by atoms with E-state index in [2.05, 4.69) is 18.3 Å². The summed E-state index contributed by atoms with van der Waals surface area (Å²) in [6.45, 7) is 4.12. The first-order valence-electron chi connectivity index (χ1n) is 11.9. The van der Waals surface area contributed by atoms with Gasteiger partial charge in [0.2, 0.25) is 5.91 Å². The largest absolute Gasteiger partial charge is 0.423 e. The molecule has 1 radical (unpaired) electrons. The SMILES string of the molecule is CCCCCCCCCCCCCCCC(=O)Nc1[c]cc2oc(=O)cc(C)c2c1. The van der Waals surface area contributed by atoms with E-state index in [1.165, 1.54) is 76.7 Å². The van der Waals surface area contributed by atoms with Crippen molar-refractivity contribution in [2.24, 2.45) is 0 Å². The molecule has 0 unspecified atom stereocenters. The molecule has 0 aliphatic carbocycles. The highest BCUT2D eigenvalue weighted by atomic mass is 16.4. The van der Waals surface area contributed by atoms with Gasteiger partial charge in [-0.15, -0.1) is 0 Å². The van der Waals surface area contributed by atoms with Crippen LogP contribution in [-0.2, 0) is 4.79 Å². The third-order valence-electron chi connectivity index (χ3n) is 5.66. The molecular formula is C26H38NO3. The Morgan fingerprint density at radius 1 is 0.900 bits per heavy atom. The van der Waals surface area contributed by atoms with Crippen LogP contribution in [0.4, 0.5) is 5.69 Å². The number of carbonyl (C=O) groups excluding carboxylic acids is 1. The van der Waals surface area contributed by atoms with Gasteiger partial charge in [-0.25, -0.2) is 4.79 Å². The van der Waals surface area contributed by atoms with E-state index in [9.17, 15) is 9.59 Å². The second-order valence-corrected chi connectivity index (χ2v) is 8.41. The lowest BCUT2D eigenvalue weighted by Gasteiger charge is -2.07. The number of aryl methyl sites for hydroxylation is 1. The summed E-state index contributed by atoms with van der Waals surface area (Å²) in [5.74, 6) is 0.0173. The van der Waals surface area contributed by atoms with E-state index in [0.717, 1.165) is 23.8 Å². The van der Waals surface area contributed by atoms with Gasteiger partial charge in [-0.2, -0.15) is 0 Å². The number of hydrogen-bond acceptors (Lipinski definition) is 3. The van der Waals surface area contributed by atoms with Crippen LogP contribution >= 0.6 is 0 Å². The van der Waals surface area contributed by atoms with E-state index >= 15 is 0 Å². The number of hydrogen-bond donors (Lipinski definition) is 1. The van der Waals surface area contributed by atoms with Crippen molar-refractivity contribution in [3.8, 4) is 0 Å². The summed E-state index contributed by atoms with van der Waals surface area (Å²) in [5.41, 5.74) is 1.59. The maximum absolute atomic E-state index is 12.2. The number of benzene rings is 1. The maximum Gasteiger partial charge on any atom is 0.336 e. The number of fused-ring (bicyclic) bond motifs is 1. The molecule has 1 N–H and O–H groups in total. The van der Waals surface area contributed by atoms with Crippen LogP contribution in [-0.4, -0.2) is 5.91 Å². The van der Waals surface area contributed by atoms with E-state index in [1.807, 2.05) is 13.0 Å². The highest BCUT2D eigenvalue weighted by molar-refractivity contribution is 5.93. The minimum Gasteiger partial charge on any atom is -0.423 e.